The summed E-state index contributed by atoms with van der Waals surface area (Å²) in [5, 5.41) is 11.6. The summed E-state index contributed by atoms with van der Waals surface area (Å²) in [6, 6.07) is 8.73. The number of benzene rings is 1. The van der Waals surface area contributed by atoms with Gasteiger partial charge in [-0.05, 0) is 24.6 Å². The molecule has 1 fully saturated rings. The lowest BCUT2D eigenvalue weighted by Gasteiger charge is -2.37. The van der Waals surface area contributed by atoms with Crippen LogP contribution in [0.4, 0.5) is 5.69 Å². The zero-order chi connectivity index (χ0) is 18.4. The largest absolute Gasteiger partial charge is 0.368 e. The van der Waals surface area contributed by atoms with Gasteiger partial charge in [0.1, 0.15) is 12.2 Å². The van der Waals surface area contributed by atoms with E-state index in [9.17, 15) is 0 Å². The first-order valence-electron chi connectivity index (χ1n) is 9.35. The average Bonchev–Trinajstić information content (AvgIpc) is 3.13. The van der Waals surface area contributed by atoms with Crippen molar-refractivity contribution < 1.29 is 0 Å². The van der Waals surface area contributed by atoms with Gasteiger partial charge in [-0.25, -0.2) is 0 Å². The molecule has 1 N–H and O–H groups in total. The Morgan fingerprint density at radius 2 is 2.04 bits per heavy atom. The molecule has 0 spiro atoms. The molecule has 0 radical (unpaired) electrons. The summed E-state index contributed by atoms with van der Waals surface area (Å²) in [6.45, 7) is 9.87. The minimum Gasteiger partial charge on any atom is -0.368 e. The molecule has 1 aromatic carbocycles. The maximum Gasteiger partial charge on any atom is 0.193 e. The highest BCUT2D eigenvalue weighted by molar-refractivity contribution is 5.80. The van der Waals surface area contributed by atoms with Gasteiger partial charge in [-0.2, -0.15) is 0 Å². The first-order valence-corrected chi connectivity index (χ1v) is 9.35. The molecule has 1 aliphatic rings. The molecule has 140 valence electrons. The second kappa shape index (κ2) is 8.69. The zero-order valence-electron chi connectivity index (χ0n) is 16.0. The average molecular weight is 355 g/mol. The molecule has 2 aromatic rings. The Morgan fingerprint density at radius 1 is 1.23 bits per heavy atom. The lowest BCUT2D eigenvalue weighted by molar-refractivity contribution is 0.371. The van der Waals surface area contributed by atoms with Crippen molar-refractivity contribution in [1.82, 2.24) is 25.0 Å². The van der Waals surface area contributed by atoms with Gasteiger partial charge in [0.15, 0.2) is 5.96 Å². The van der Waals surface area contributed by atoms with Crippen LogP contribution in [-0.2, 0) is 13.0 Å². The van der Waals surface area contributed by atoms with Gasteiger partial charge in [0.2, 0.25) is 0 Å². The fourth-order valence-corrected chi connectivity index (χ4v) is 3.36. The third-order valence-electron chi connectivity index (χ3n) is 4.81. The van der Waals surface area contributed by atoms with Crippen LogP contribution in [0, 0.1) is 6.92 Å². The molecule has 0 amide bonds. The molecule has 0 unspecified atom stereocenters. The maximum atomic E-state index is 4.46. The molecule has 0 atom stereocenters. The van der Waals surface area contributed by atoms with Crippen molar-refractivity contribution in [2.45, 2.75) is 26.8 Å². The van der Waals surface area contributed by atoms with Crippen LogP contribution in [0.2, 0.25) is 0 Å². The quantitative estimate of drug-likeness (QED) is 0.651. The van der Waals surface area contributed by atoms with Gasteiger partial charge in [-0.1, -0.05) is 19.1 Å². The first-order chi connectivity index (χ1) is 12.7. The second-order valence-electron chi connectivity index (χ2n) is 6.58. The van der Waals surface area contributed by atoms with Gasteiger partial charge in [0, 0.05) is 58.4 Å². The number of aromatic nitrogens is 3. The summed E-state index contributed by atoms with van der Waals surface area (Å²) in [5.41, 5.74) is 2.62. The van der Waals surface area contributed by atoms with Crippen LogP contribution in [0.1, 0.15) is 18.3 Å². The topological polar surface area (TPSA) is 61.6 Å². The van der Waals surface area contributed by atoms with Crippen molar-refractivity contribution in [3.63, 3.8) is 0 Å². The molecular weight excluding hydrogens is 326 g/mol. The summed E-state index contributed by atoms with van der Waals surface area (Å²) in [4.78, 5) is 9.24. The van der Waals surface area contributed by atoms with Gasteiger partial charge in [0.05, 0.1) is 0 Å². The molecule has 3 rings (SSSR count). The highest BCUT2D eigenvalue weighted by Crippen LogP contribution is 2.17. The maximum absolute atomic E-state index is 4.46. The van der Waals surface area contributed by atoms with E-state index in [1.165, 1.54) is 11.3 Å². The van der Waals surface area contributed by atoms with E-state index >= 15 is 0 Å². The van der Waals surface area contributed by atoms with Gasteiger partial charge >= 0.3 is 0 Å². The number of hydrogen-bond donors (Lipinski definition) is 1. The van der Waals surface area contributed by atoms with Crippen molar-refractivity contribution in [3.05, 3.63) is 42.0 Å². The fourth-order valence-electron chi connectivity index (χ4n) is 3.36. The first kappa shape index (κ1) is 18.2. The normalized spacial score (nSPS) is 15.4. The number of aliphatic imine (C=N–C) groups is 1. The van der Waals surface area contributed by atoms with E-state index in [0.717, 1.165) is 57.5 Å². The number of anilines is 1. The fraction of sp³-hybridized carbons (Fsp3) is 0.526. The molecule has 1 aromatic heterocycles. The minimum absolute atomic E-state index is 0.815. The van der Waals surface area contributed by atoms with Gasteiger partial charge < -0.3 is 19.7 Å². The highest BCUT2D eigenvalue weighted by atomic mass is 15.3. The van der Waals surface area contributed by atoms with Crippen molar-refractivity contribution in [3.8, 4) is 0 Å². The second-order valence-corrected chi connectivity index (χ2v) is 6.58. The molecule has 7 nitrogen and oxygen atoms in total. The molecule has 0 saturated carbocycles. The summed E-state index contributed by atoms with van der Waals surface area (Å²) >= 11 is 0. The van der Waals surface area contributed by atoms with Gasteiger partial charge in [-0.15, -0.1) is 10.2 Å². The highest BCUT2D eigenvalue weighted by Gasteiger charge is 2.19. The van der Waals surface area contributed by atoms with Crippen LogP contribution in [0.3, 0.4) is 0 Å². The lowest BCUT2D eigenvalue weighted by Crippen LogP contribution is -2.53. The molecular formula is C19H29N7. The van der Waals surface area contributed by atoms with E-state index in [2.05, 4.69) is 73.0 Å². The third kappa shape index (κ3) is 4.33. The number of hydrogen-bond acceptors (Lipinski definition) is 4. The van der Waals surface area contributed by atoms with E-state index in [4.69, 9.17) is 0 Å². The Labute approximate surface area is 155 Å². The van der Waals surface area contributed by atoms with Crippen LogP contribution >= 0.6 is 0 Å². The van der Waals surface area contributed by atoms with Crippen molar-refractivity contribution >= 4 is 11.6 Å². The van der Waals surface area contributed by atoms with Crippen LogP contribution in [0.15, 0.2) is 35.6 Å². The van der Waals surface area contributed by atoms with E-state index in [-0.39, 0.29) is 0 Å². The standard InChI is InChI=1S/C19H29N7/c1-4-18-23-22-15-26(18)9-8-21-19(20-3)25-12-10-24(11-13-25)17-7-5-6-16(2)14-17/h5-7,14-15H,4,8-13H2,1-3H3,(H,20,21). The SMILES string of the molecule is CCc1nncn1CCNC(=NC)N1CCN(c2cccc(C)c2)CC1. The molecule has 0 aliphatic carbocycles. The van der Waals surface area contributed by atoms with E-state index in [0.29, 0.717) is 0 Å². The van der Waals surface area contributed by atoms with E-state index < -0.39 is 0 Å². The minimum atomic E-state index is 0.815. The Hall–Kier alpha value is -2.57. The van der Waals surface area contributed by atoms with Crippen molar-refractivity contribution in [1.29, 1.82) is 0 Å². The third-order valence-corrected chi connectivity index (χ3v) is 4.81. The van der Waals surface area contributed by atoms with Crippen LogP contribution in [-0.4, -0.2) is 65.4 Å². The van der Waals surface area contributed by atoms with E-state index in [1.54, 1.807) is 6.33 Å². The Kier molecular flexibility index (Phi) is 6.09. The number of rotatable bonds is 5. The van der Waals surface area contributed by atoms with Crippen LogP contribution < -0.4 is 10.2 Å². The van der Waals surface area contributed by atoms with Gasteiger partial charge in [0.25, 0.3) is 0 Å². The summed E-state index contributed by atoms with van der Waals surface area (Å²) < 4.78 is 2.09. The smallest absolute Gasteiger partial charge is 0.193 e. The van der Waals surface area contributed by atoms with Crippen molar-refractivity contribution in [2.24, 2.45) is 4.99 Å². The molecule has 1 aliphatic heterocycles. The monoisotopic (exact) mass is 355 g/mol. The Balaban J connectivity index is 1.49. The summed E-state index contributed by atoms with van der Waals surface area (Å²) in [7, 11) is 1.85. The van der Waals surface area contributed by atoms with Crippen LogP contribution in [0.5, 0.6) is 0 Å². The number of nitrogens with zero attached hydrogens (tertiary/aromatic N) is 6. The number of guanidine groups is 1. The summed E-state index contributed by atoms with van der Waals surface area (Å²) in [5.74, 6) is 1.99. The zero-order valence-corrected chi connectivity index (χ0v) is 16.0. The summed E-state index contributed by atoms with van der Waals surface area (Å²) in [6.07, 6.45) is 2.69. The lowest BCUT2D eigenvalue weighted by atomic mass is 10.2. The number of piperazine rings is 1. The molecule has 26 heavy (non-hydrogen) atoms. The number of aryl methyl sites for hydroxylation is 2. The predicted octanol–water partition coefficient (Wildman–Crippen LogP) is 1.55. The molecule has 7 heteroatoms. The molecule has 2 heterocycles. The molecule has 0 bridgehead atoms. The Morgan fingerprint density at radius 3 is 2.73 bits per heavy atom. The molecule has 1 saturated heterocycles. The Bertz CT molecular complexity index is 729. The van der Waals surface area contributed by atoms with Gasteiger partial charge in [-0.3, -0.25) is 4.99 Å². The van der Waals surface area contributed by atoms with Crippen molar-refractivity contribution in [2.75, 3.05) is 44.7 Å². The number of nitrogens with one attached hydrogen (secondary N) is 1. The van der Waals surface area contributed by atoms with Crippen LogP contribution in [0.25, 0.3) is 0 Å². The van der Waals surface area contributed by atoms with E-state index in [1.807, 2.05) is 7.05 Å². The predicted molar refractivity (Wildman–Crippen MR) is 106 cm³/mol.